The van der Waals surface area contributed by atoms with E-state index in [1.165, 1.54) is 5.56 Å². The van der Waals surface area contributed by atoms with Crippen LogP contribution >= 0.6 is 0 Å². The van der Waals surface area contributed by atoms with Gasteiger partial charge in [-0.15, -0.1) is 0 Å². The van der Waals surface area contributed by atoms with Gasteiger partial charge in [0.1, 0.15) is 5.78 Å². The van der Waals surface area contributed by atoms with Gasteiger partial charge in [0, 0.05) is 17.3 Å². The van der Waals surface area contributed by atoms with Gasteiger partial charge in [-0.1, -0.05) is 51.1 Å². The number of benzene rings is 1. The highest BCUT2D eigenvalue weighted by Crippen LogP contribution is 2.49. The molecule has 1 aromatic rings. The van der Waals surface area contributed by atoms with Crippen molar-refractivity contribution in [3.8, 4) is 0 Å². The number of ketones is 1. The molecule has 4 nitrogen and oxygen atoms in total. The first-order valence-electron chi connectivity index (χ1n) is 8.93. The van der Waals surface area contributed by atoms with Gasteiger partial charge in [-0.25, -0.2) is 5.48 Å². The number of amides is 1. The van der Waals surface area contributed by atoms with E-state index < -0.39 is 17.2 Å². The molecule has 3 atom stereocenters. The molecule has 2 N–H and O–H groups in total. The fourth-order valence-corrected chi connectivity index (χ4v) is 4.24. The summed E-state index contributed by atoms with van der Waals surface area (Å²) in [7, 11) is 0. The van der Waals surface area contributed by atoms with Crippen LogP contribution in [0.4, 0.5) is 0 Å². The number of rotatable bonds is 7. The zero-order valence-corrected chi connectivity index (χ0v) is 14.9. The van der Waals surface area contributed by atoms with E-state index in [1.807, 2.05) is 18.2 Å². The number of Topliss-reactive ketones (excluding diaryl/α,β-unsaturated/α-hetero) is 1. The fraction of sp³-hybridized carbons (Fsp3) is 0.600. The number of aryl methyl sites for hydroxylation is 1. The predicted molar refractivity (Wildman–Crippen MR) is 93.5 cm³/mol. The molecule has 0 saturated heterocycles. The molecule has 1 saturated carbocycles. The maximum atomic E-state index is 13.2. The molecule has 2 rings (SSSR count). The standard InChI is InChI=1S/C20H29NO3/c1-14(2)13-20(15(3)19(23)21-24)12-11-17(18(20)22)10-9-16-7-5-4-6-8-16/h4-8,14-15,17,24H,9-13H2,1-3H3,(H,21,23). The first-order valence-corrected chi connectivity index (χ1v) is 8.93. The third kappa shape index (κ3) is 3.86. The summed E-state index contributed by atoms with van der Waals surface area (Å²) in [6, 6.07) is 10.2. The molecule has 0 spiro atoms. The van der Waals surface area contributed by atoms with Crippen molar-refractivity contribution in [2.24, 2.45) is 23.2 Å². The van der Waals surface area contributed by atoms with E-state index in [1.54, 1.807) is 12.4 Å². The van der Waals surface area contributed by atoms with Crippen LogP contribution in [0, 0.1) is 23.2 Å². The SMILES string of the molecule is CC(C)CC1(C(C)C(=O)NO)CCC(CCc2ccccc2)C1=O. The maximum absolute atomic E-state index is 13.2. The third-order valence-electron chi connectivity index (χ3n) is 5.53. The van der Waals surface area contributed by atoms with Crippen molar-refractivity contribution in [1.29, 1.82) is 0 Å². The second-order valence-electron chi connectivity index (χ2n) is 7.58. The molecular formula is C20H29NO3. The average molecular weight is 331 g/mol. The van der Waals surface area contributed by atoms with Crippen molar-refractivity contribution < 1.29 is 14.8 Å². The lowest BCUT2D eigenvalue weighted by Crippen LogP contribution is -2.44. The predicted octanol–water partition coefficient (Wildman–Crippen LogP) is 3.77. The monoisotopic (exact) mass is 331 g/mol. The Labute approximate surface area is 144 Å². The van der Waals surface area contributed by atoms with Crippen LogP contribution in [0.15, 0.2) is 30.3 Å². The van der Waals surface area contributed by atoms with Crippen molar-refractivity contribution in [1.82, 2.24) is 5.48 Å². The van der Waals surface area contributed by atoms with Crippen LogP contribution in [0.3, 0.4) is 0 Å². The third-order valence-corrected chi connectivity index (χ3v) is 5.53. The van der Waals surface area contributed by atoms with Gasteiger partial charge >= 0.3 is 0 Å². The summed E-state index contributed by atoms with van der Waals surface area (Å²) in [5, 5.41) is 9.01. The molecule has 1 amide bonds. The highest BCUT2D eigenvalue weighted by Gasteiger charge is 2.52. The summed E-state index contributed by atoms with van der Waals surface area (Å²) in [6.45, 7) is 5.93. The minimum absolute atomic E-state index is 0.0119. The second-order valence-corrected chi connectivity index (χ2v) is 7.58. The van der Waals surface area contributed by atoms with Gasteiger partial charge in [0.15, 0.2) is 0 Å². The van der Waals surface area contributed by atoms with Gasteiger partial charge in [-0.2, -0.15) is 0 Å². The van der Waals surface area contributed by atoms with E-state index in [-0.39, 0.29) is 11.7 Å². The highest BCUT2D eigenvalue weighted by atomic mass is 16.5. The van der Waals surface area contributed by atoms with Crippen molar-refractivity contribution in [3.63, 3.8) is 0 Å². The van der Waals surface area contributed by atoms with E-state index in [2.05, 4.69) is 26.0 Å². The van der Waals surface area contributed by atoms with Gasteiger partial charge in [-0.05, 0) is 43.6 Å². The molecule has 1 aliphatic carbocycles. The lowest BCUT2D eigenvalue weighted by atomic mass is 9.68. The molecular weight excluding hydrogens is 302 g/mol. The Kier molecular flexibility index (Phi) is 6.16. The normalized spacial score (nSPS) is 25.0. The van der Waals surface area contributed by atoms with Crippen LogP contribution < -0.4 is 5.48 Å². The first-order chi connectivity index (χ1) is 11.4. The summed E-state index contributed by atoms with van der Waals surface area (Å²) in [6.07, 6.45) is 3.98. The zero-order chi connectivity index (χ0) is 17.7. The smallest absolute Gasteiger partial charge is 0.247 e. The van der Waals surface area contributed by atoms with Crippen LogP contribution in [0.2, 0.25) is 0 Å². The number of hydrogen-bond donors (Lipinski definition) is 2. The van der Waals surface area contributed by atoms with Gasteiger partial charge < -0.3 is 0 Å². The minimum atomic E-state index is -0.637. The van der Waals surface area contributed by atoms with Gasteiger partial charge in [0.05, 0.1) is 0 Å². The summed E-state index contributed by atoms with van der Waals surface area (Å²) in [5.74, 6) is -0.399. The summed E-state index contributed by atoms with van der Waals surface area (Å²) in [4.78, 5) is 25.2. The molecule has 4 heteroatoms. The zero-order valence-electron chi connectivity index (χ0n) is 14.9. The van der Waals surface area contributed by atoms with Crippen molar-refractivity contribution in [2.75, 3.05) is 0 Å². The topological polar surface area (TPSA) is 66.4 Å². The number of carbonyl (C=O) groups excluding carboxylic acids is 2. The van der Waals surface area contributed by atoms with Crippen molar-refractivity contribution in [2.45, 2.75) is 52.9 Å². The molecule has 3 unspecified atom stereocenters. The van der Waals surface area contributed by atoms with Gasteiger partial charge in [0.25, 0.3) is 0 Å². The number of hydroxylamine groups is 1. The Morgan fingerprint density at radius 2 is 1.96 bits per heavy atom. The molecule has 24 heavy (non-hydrogen) atoms. The molecule has 0 aliphatic heterocycles. The summed E-state index contributed by atoms with van der Waals surface area (Å²) < 4.78 is 0. The minimum Gasteiger partial charge on any atom is -0.299 e. The molecule has 0 radical (unpaired) electrons. The Morgan fingerprint density at radius 1 is 1.29 bits per heavy atom. The van der Waals surface area contributed by atoms with Gasteiger partial charge in [0.2, 0.25) is 5.91 Å². The molecule has 1 fully saturated rings. The molecule has 1 aliphatic rings. The second kappa shape index (κ2) is 7.93. The van der Waals surface area contributed by atoms with E-state index in [4.69, 9.17) is 5.21 Å². The average Bonchev–Trinajstić information content (AvgIpc) is 2.89. The van der Waals surface area contributed by atoms with E-state index in [0.717, 1.165) is 25.7 Å². The van der Waals surface area contributed by atoms with E-state index >= 15 is 0 Å². The van der Waals surface area contributed by atoms with E-state index in [9.17, 15) is 9.59 Å². The molecule has 1 aromatic carbocycles. The highest BCUT2D eigenvalue weighted by molar-refractivity contribution is 5.94. The molecule has 0 bridgehead atoms. The number of hydrogen-bond acceptors (Lipinski definition) is 3. The number of carbonyl (C=O) groups is 2. The quantitative estimate of drug-likeness (QED) is 0.590. The van der Waals surface area contributed by atoms with E-state index in [0.29, 0.717) is 12.3 Å². The lowest BCUT2D eigenvalue weighted by molar-refractivity contribution is -0.145. The number of nitrogens with one attached hydrogen (secondary N) is 1. The first kappa shape index (κ1) is 18.7. The summed E-state index contributed by atoms with van der Waals surface area (Å²) >= 11 is 0. The maximum Gasteiger partial charge on any atom is 0.247 e. The van der Waals surface area contributed by atoms with Crippen LogP contribution in [0.25, 0.3) is 0 Å². The van der Waals surface area contributed by atoms with Crippen molar-refractivity contribution in [3.05, 3.63) is 35.9 Å². The summed E-state index contributed by atoms with van der Waals surface area (Å²) in [5.41, 5.74) is 2.35. The molecule has 0 heterocycles. The Morgan fingerprint density at radius 3 is 2.54 bits per heavy atom. The molecule has 132 valence electrons. The fourth-order valence-electron chi connectivity index (χ4n) is 4.24. The van der Waals surface area contributed by atoms with Gasteiger partial charge in [-0.3, -0.25) is 14.8 Å². The van der Waals surface area contributed by atoms with Crippen LogP contribution in [0.5, 0.6) is 0 Å². The van der Waals surface area contributed by atoms with Crippen LogP contribution in [-0.2, 0) is 16.0 Å². The largest absolute Gasteiger partial charge is 0.299 e. The Bertz CT molecular complexity index is 570. The van der Waals surface area contributed by atoms with Crippen LogP contribution in [-0.4, -0.2) is 16.9 Å². The lowest BCUT2D eigenvalue weighted by Gasteiger charge is -2.34. The van der Waals surface area contributed by atoms with Crippen LogP contribution in [0.1, 0.15) is 52.0 Å². The Hall–Kier alpha value is -1.68. The Balaban J connectivity index is 2.13. The van der Waals surface area contributed by atoms with Crippen molar-refractivity contribution >= 4 is 11.7 Å². The molecule has 0 aromatic heterocycles.